The average molecular weight is 430 g/mol. The molecule has 28 heavy (non-hydrogen) atoms. The van der Waals surface area contributed by atoms with Crippen LogP contribution < -0.4 is 10.6 Å². The molecular formula is C18H21Cl2N3O5. The summed E-state index contributed by atoms with van der Waals surface area (Å²) in [5.74, 6) is -2.00. The van der Waals surface area contributed by atoms with E-state index in [2.05, 4.69) is 10.6 Å². The Kier molecular flexibility index (Phi) is 6.90. The molecule has 1 aromatic rings. The van der Waals surface area contributed by atoms with E-state index in [9.17, 15) is 19.2 Å². The van der Waals surface area contributed by atoms with Crippen LogP contribution in [0.3, 0.4) is 0 Å². The summed E-state index contributed by atoms with van der Waals surface area (Å²) < 4.78 is 5.05. The molecule has 1 aliphatic heterocycles. The Hall–Kier alpha value is -2.32. The van der Waals surface area contributed by atoms with Gasteiger partial charge in [0, 0.05) is 0 Å². The molecule has 1 atom stereocenters. The van der Waals surface area contributed by atoms with Gasteiger partial charge in [0.25, 0.3) is 11.8 Å². The van der Waals surface area contributed by atoms with Gasteiger partial charge in [-0.05, 0) is 31.9 Å². The number of nitrogens with zero attached hydrogens (tertiary/aromatic N) is 1. The minimum absolute atomic E-state index is 0.158. The van der Waals surface area contributed by atoms with Gasteiger partial charge >= 0.3 is 12.0 Å². The summed E-state index contributed by atoms with van der Waals surface area (Å²) in [6, 6.07) is 4.05. The fraction of sp³-hybridized carbons (Fsp3) is 0.444. The van der Waals surface area contributed by atoms with Crippen molar-refractivity contribution < 1.29 is 23.9 Å². The molecule has 0 saturated carbocycles. The van der Waals surface area contributed by atoms with Gasteiger partial charge in [0.15, 0.2) is 6.10 Å². The molecule has 2 rings (SSSR count). The van der Waals surface area contributed by atoms with Crippen LogP contribution in [-0.4, -0.2) is 46.9 Å². The fourth-order valence-electron chi connectivity index (χ4n) is 2.80. The molecule has 152 valence electrons. The quantitative estimate of drug-likeness (QED) is 0.511. The predicted molar refractivity (Wildman–Crippen MR) is 104 cm³/mol. The second kappa shape index (κ2) is 8.79. The Bertz CT molecular complexity index is 810. The van der Waals surface area contributed by atoms with Gasteiger partial charge < -0.3 is 15.4 Å². The van der Waals surface area contributed by atoms with Crippen molar-refractivity contribution in [3.8, 4) is 0 Å². The van der Waals surface area contributed by atoms with Crippen LogP contribution in [0.2, 0.25) is 10.0 Å². The van der Waals surface area contributed by atoms with Gasteiger partial charge in [0.2, 0.25) is 0 Å². The van der Waals surface area contributed by atoms with E-state index in [4.69, 9.17) is 27.9 Å². The van der Waals surface area contributed by atoms with Crippen molar-refractivity contribution >= 4 is 52.7 Å². The lowest BCUT2D eigenvalue weighted by Crippen LogP contribution is -2.46. The number of carbonyl (C=O) groups is 4. The monoisotopic (exact) mass is 429 g/mol. The van der Waals surface area contributed by atoms with Crippen LogP contribution in [0.1, 0.15) is 33.6 Å². The number of rotatable bonds is 7. The second-order valence-electron chi connectivity index (χ2n) is 6.33. The molecular weight excluding hydrogens is 409 g/mol. The average Bonchev–Trinajstić information content (AvgIpc) is 2.89. The van der Waals surface area contributed by atoms with Gasteiger partial charge in [-0.3, -0.25) is 19.3 Å². The van der Waals surface area contributed by atoms with Gasteiger partial charge in [0.05, 0.1) is 15.7 Å². The van der Waals surface area contributed by atoms with Crippen LogP contribution in [0.5, 0.6) is 0 Å². The smallest absolute Gasteiger partial charge is 0.327 e. The standard InChI is InChI=1S/C18H21Cl2N3O5/c1-4-18(5-2)16(26)23(17(27)22-18)9-13(24)28-10(3)15(25)21-12-8-6-7-11(19)14(12)20/h6-8,10H,4-5,9H2,1-3H3,(H,21,25)(H,22,27)/t10-/m1/s1. The zero-order chi connectivity index (χ0) is 21.1. The summed E-state index contributed by atoms with van der Waals surface area (Å²) >= 11 is 11.9. The van der Waals surface area contributed by atoms with Crippen LogP contribution in [0, 0.1) is 0 Å². The highest BCUT2D eigenvalue weighted by atomic mass is 35.5. The first-order valence-corrected chi connectivity index (χ1v) is 9.49. The van der Waals surface area contributed by atoms with E-state index in [1.54, 1.807) is 32.0 Å². The van der Waals surface area contributed by atoms with E-state index < -0.39 is 42.0 Å². The maximum Gasteiger partial charge on any atom is 0.327 e. The number of halogens is 2. The Morgan fingerprint density at radius 1 is 1.25 bits per heavy atom. The van der Waals surface area contributed by atoms with Crippen molar-refractivity contribution in [3.05, 3.63) is 28.2 Å². The zero-order valence-corrected chi connectivity index (χ0v) is 17.2. The number of imide groups is 1. The Labute approximate surface area is 172 Å². The number of benzene rings is 1. The number of hydrogen-bond donors (Lipinski definition) is 2. The number of urea groups is 1. The lowest BCUT2D eigenvalue weighted by atomic mass is 9.93. The number of anilines is 1. The van der Waals surface area contributed by atoms with Crippen molar-refractivity contribution in [1.29, 1.82) is 0 Å². The summed E-state index contributed by atoms with van der Waals surface area (Å²) in [5.41, 5.74) is -0.740. The minimum atomic E-state index is -1.18. The van der Waals surface area contributed by atoms with Gasteiger partial charge in [-0.15, -0.1) is 0 Å². The molecule has 0 aromatic heterocycles. The number of hydrogen-bond acceptors (Lipinski definition) is 5. The van der Waals surface area contributed by atoms with Crippen molar-refractivity contribution in [3.63, 3.8) is 0 Å². The normalized spacial score (nSPS) is 16.5. The Balaban J connectivity index is 1.97. The number of esters is 1. The maximum absolute atomic E-state index is 12.5. The molecule has 1 aliphatic rings. The number of amides is 4. The first-order valence-electron chi connectivity index (χ1n) is 8.73. The molecule has 1 aromatic carbocycles. The number of carbonyl (C=O) groups excluding carboxylic acids is 4. The van der Waals surface area contributed by atoms with E-state index in [-0.39, 0.29) is 15.7 Å². The van der Waals surface area contributed by atoms with Gasteiger partial charge in [-0.1, -0.05) is 43.1 Å². The molecule has 0 radical (unpaired) electrons. The first-order chi connectivity index (χ1) is 13.1. The highest BCUT2D eigenvalue weighted by Crippen LogP contribution is 2.29. The molecule has 1 heterocycles. The summed E-state index contributed by atoms with van der Waals surface area (Å²) in [6.07, 6.45) is -0.372. The second-order valence-corrected chi connectivity index (χ2v) is 7.12. The summed E-state index contributed by atoms with van der Waals surface area (Å²) in [5, 5.41) is 5.54. The summed E-state index contributed by atoms with van der Waals surface area (Å²) in [7, 11) is 0. The Morgan fingerprint density at radius 2 is 1.89 bits per heavy atom. The summed E-state index contributed by atoms with van der Waals surface area (Å²) in [4.78, 5) is 49.7. The van der Waals surface area contributed by atoms with Crippen LogP contribution in [0.4, 0.5) is 10.5 Å². The van der Waals surface area contributed by atoms with E-state index in [0.717, 1.165) is 4.90 Å². The van der Waals surface area contributed by atoms with Gasteiger partial charge in [-0.2, -0.15) is 0 Å². The van der Waals surface area contributed by atoms with Crippen molar-refractivity contribution in [2.75, 3.05) is 11.9 Å². The van der Waals surface area contributed by atoms with Crippen molar-refractivity contribution in [2.45, 2.75) is 45.3 Å². The van der Waals surface area contributed by atoms with Crippen LogP contribution >= 0.6 is 23.2 Å². The van der Waals surface area contributed by atoms with E-state index in [1.807, 2.05) is 0 Å². The number of ether oxygens (including phenoxy) is 1. The SMILES string of the molecule is CCC1(CC)NC(=O)N(CC(=O)O[C@H](C)C(=O)Nc2cccc(Cl)c2Cl)C1=O. The minimum Gasteiger partial charge on any atom is -0.451 e. The molecule has 8 nitrogen and oxygen atoms in total. The first kappa shape index (κ1) is 22.0. The van der Waals surface area contributed by atoms with Crippen molar-refractivity contribution in [2.24, 2.45) is 0 Å². The molecule has 10 heteroatoms. The maximum atomic E-state index is 12.5. The van der Waals surface area contributed by atoms with E-state index >= 15 is 0 Å². The van der Waals surface area contributed by atoms with Gasteiger partial charge in [-0.25, -0.2) is 4.79 Å². The molecule has 0 bridgehead atoms. The largest absolute Gasteiger partial charge is 0.451 e. The highest BCUT2D eigenvalue weighted by Gasteiger charge is 2.49. The van der Waals surface area contributed by atoms with Gasteiger partial charge in [0.1, 0.15) is 12.1 Å². The third kappa shape index (κ3) is 4.39. The number of nitrogens with one attached hydrogen (secondary N) is 2. The van der Waals surface area contributed by atoms with E-state index in [1.165, 1.54) is 6.92 Å². The summed E-state index contributed by atoms with van der Waals surface area (Å²) in [6.45, 7) is 4.33. The molecule has 1 saturated heterocycles. The molecule has 0 aliphatic carbocycles. The molecule has 1 fully saturated rings. The molecule has 2 N–H and O–H groups in total. The highest BCUT2D eigenvalue weighted by molar-refractivity contribution is 6.44. The Morgan fingerprint density at radius 3 is 2.46 bits per heavy atom. The lowest BCUT2D eigenvalue weighted by Gasteiger charge is -2.23. The van der Waals surface area contributed by atoms with Crippen LogP contribution in [-0.2, 0) is 19.1 Å². The zero-order valence-electron chi connectivity index (χ0n) is 15.7. The molecule has 0 spiro atoms. The van der Waals surface area contributed by atoms with E-state index in [0.29, 0.717) is 12.8 Å². The third-order valence-corrected chi connectivity index (χ3v) is 5.45. The predicted octanol–water partition coefficient (Wildman–Crippen LogP) is 2.97. The molecule has 4 amide bonds. The van der Waals surface area contributed by atoms with Crippen molar-refractivity contribution in [1.82, 2.24) is 10.2 Å². The van der Waals surface area contributed by atoms with Crippen LogP contribution in [0.15, 0.2) is 18.2 Å². The molecule has 0 unspecified atom stereocenters. The third-order valence-electron chi connectivity index (χ3n) is 4.63. The lowest BCUT2D eigenvalue weighted by molar-refractivity contribution is -0.155. The van der Waals surface area contributed by atoms with Crippen LogP contribution in [0.25, 0.3) is 0 Å². The topological polar surface area (TPSA) is 105 Å². The fourth-order valence-corrected chi connectivity index (χ4v) is 3.15.